The van der Waals surface area contributed by atoms with Gasteiger partial charge in [-0.05, 0) is 138 Å². The van der Waals surface area contributed by atoms with Crippen molar-refractivity contribution in [1.82, 2.24) is 0 Å². The average Bonchev–Trinajstić information content (AvgIpc) is 3.36. The fourth-order valence-corrected chi connectivity index (χ4v) is 9.61. The molecule has 0 aromatic heterocycles. The van der Waals surface area contributed by atoms with Gasteiger partial charge in [0.2, 0.25) is 0 Å². The van der Waals surface area contributed by atoms with Crippen molar-refractivity contribution >= 4 is 111 Å². The van der Waals surface area contributed by atoms with Crippen molar-refractivity contribution in [2.24, 2.45) is 0 Å². The van der Waals surface area contributed by atoms with Gasteiger partial charge in [0.05, 0.1) is 11.4 Å². The Hall–Kier alpha value is -8.46. The quantitative estimate of drug-likeness (QED) is 0.111. The summed E-state index contributed by atoms with van der Waals surface area (Å²) in [7, 11) is 0. The maximum Gasteiger partial charge on any atom is 0.0546 e. The Kier molecular flexibility index (Phi) is 9.20. The van der Waals surface area contributed by atoms with Crippen molar-refractivity contribution in [3.05, 3.63) is 254 Å². The fraction of sp³-hybridized carbons (Fsp3) is 0. The molecule has 0 N–H and O–H groups in total. The molecule has 0 aliphatic heterocycles. The van der Waals surface area contributed by atoms with Crippen LogP contribution in [0.2, 0.25) is 0 Å². The van der Waals surface area contributed by atoms with Crippen LogP contribution >= 0.6 is 0 Å². The summed E-state index contributed by atoms with van der Waals surface area (Å²) in [5.74, 6) is 0. The first-order chi connectivity index (χ1) is 31.7. The number of nitrogens with zero attached hydrogens (tertiary/aromatic N) is 2. The summed E-state index contributed by atoms with van der Waals surface area (Å²) < 4.78 is 0. The van der Waals surface area contributed by atoms with E-state index in [0.29, 0.717) is 0 Å². The standard InChI is InChI=1S/C62H42N2/c1-3-19-51(20-4-1)63(53-35-33-45-15-7-9-17-47(45)39-53)61-41-49-31-29-43(37-59(49)55-23-11-13-25-57(55)61)27-28-44-30-32-50-42-62(58-26-14-12-24-56(58)60(50)38-44)64(52-21-5-2-6-22-52)54-36-34-46-16-8-10-18-48(46)40-54/h1-42H/b28-27+. The molecule has 0 saturated heterocycles. The predicted molar refractivity (Wildman–Crippen MR) is 276 cm³/mol. The summed E-state index contributed by atoms with van der Waals surface area (Å²) in [5, 5.41) is 14.7. The Bertz CT molecular complexity index is 3490. The summed E-state index contributed by atoms with van der Waals surface area (Å²) >= 11 is 0. The van der Waals surface area contributed by atoms with E-state index < -0.39 is 0 Å². The van der Waals surface area contributed by atoms with Crippen LogP contribution in [0.1, 0.15) is 11.1 Å². The van der Waals surface area contributed by atoms with Crippen LogP contribution in [0.3, 0.4) is 0 Å². The number of benzene rings is 12. The Morgan fingerprint density at radius 1 is 0.219 bits per heavy atom. The summed E-state index contributed by atoms with van der Waals surface area (Å²) in [5.41, 5.74) is 9.15. The molecule has 64 heavy (non-hydrogen) atoms. The maximum absolute atomic E-state index is 2.40. The molecule has 0 bridgehead atoms. The first kappa shape index (κ1) is 37.3. The largest absolute Gasteiger partial charge is 0.310 e. The topological polar surface area (TPSA) is 6.48 Å². The molecule has 0 aliphatic carbocycles. The second kappa shape index (κ2) is 15.8. The molecule has 300 valence electrons. The number of fused-ring (bicyclic) bond motifs is 8. The van der Waals surface area contributed by atoms with Gasteiger partial charge in [0.15, 0.2) is 0 Å². The number of rotatable bonds is 8. The van der Waals surface area contributed by atoms with Gasteiger partial charge < -0.3 is 9.80 Å². The summed E-state index contributed by atoms with van der Waals surface area (Å²) in [6.45, 7) is 0. The first-order valence-electron chi connectivity index (χ1n) is 22.0. The number of para-hydroxylation sites is 2. The zero-order valence-electron chi connectivity index (χ0n) is 35.1. The molecule has 0 aliphatic rings. The molecule has 0 amide bonds. The van der Waals surface area contributed by atoms with Crippen LogP contribution in [0.25, 0.3) is 76.8 Å². The number of hydrogen-bond donors (Lipinski definition) is 0. The first-order valence-corrected chi connectivity index (χ1v) is 22.0. The van der Waals surface area contributed by atoms with E-state index >= 15 is 0 Å². The van der Waals surface area contributed by atoms with Crippen molar-refractivity contribution in [2.75, 3.05) is 9.80 Å². The van der Waals surface area contributed by atoms with E-state index in [1.54, 1.807) is 0 Å². The van der Waals surface area contributed by atoms with Crippen LogP contribution in [0, 0.1) is 0 Å². The van der Waals surface area contributed by atoms with Crippen LogP contribution in [-0.4, -0.2) is 0 Å². The van der Waals surface area contributed by atoms with E-state index in [9.17, 15) is 0 Å². The van der Waals surface area contributed by atoms with Crippen molar-refractivity contribution in [1.29, 1.82) is 0 Å². The molecule has 0 fully saturated rings. The van der Waals surface area contributed by atoms with Gasteiger partial charge >= 0.3 is 0 Å². The highest BCUT2D eigenvalue weighted by Crippen LogP contribution is 2.45. The molecule has 0 heterocycles. The summed E-state index contributed by atoms with van der Waals surface area (Å²) in [6, 6.07) is 88.2. The van der Waals surface area contributed by atoms with Gasteiger partial charge in [-0.2, -0.15) is 0 Å². The lowest BCUT2D eigenvalue weighted by atomic mass is 9.96. The molecule has 0 unspecified atom stereocenters. The Morgan fingerprint density at radius 3 is 1.02 bits per heavy atom. The highest BCUT2D eigenvalue weighted by Gasteiger charge is 2.19. The molecule has 0 radical (unpaired) electrons. The molecular weight excluding hydrogens is 773 g/mol. The van der Waals surface area contributed by atoms with E-state index in [4.69, 9.17) is 0 Å². The third-order valence-corrected chi connectivity index (χ3v) is 12.7. The summed E-state index contributed by atoms with van der Waals surface area (Å²) in [4.78, 5) is 4.80. The van der Waals surface area contributed by atoms with Crippen LogP contribution < -0.4 is 9.80 Å². The van der Waals surface area contributed by atoms with Gasteiger partial charge in [0.1, 0.15) is 0 Å². The van der Waals surface area contributed by atoms with Gasteiger partial charge in [-0.3, -0.25) is 0 Å². The zero-order chi connectivity index (χ0) is 42.4. The van der Waals surface area contributed by atoms with Gasteiger partial charge in [0.25, 0.3) is 0 Å². The SMILES string of the molecule is C(=C\c1ccc2cc(N(c3ccccc3)c3ccc4ccccc4c3)c3ccccc3c2c1)/c1ccc2cc(N(c3ccccc3)c3ccc4ccccc4c3)c3ccccc3c2c1. The maximum atomic E-state index is 2.40. The van der Waals surface area contributed by atoms with E-state index in [1.807, 2.05) is 0 Å². The van der Waals surface area contributed by atoms with Crippen LogP contribution in [-0.2, 0) is 0 Å². The molecular formula is C62H42N2. The number of anilines is 6. The second-order valence-corrected chi connectivity index (χ2v) is 16.6. The highest BCUT2D eigenvalue weighted by atomic mass is 15.1. The van der Waals surface area contributed by atoms with Gasteiger partial charge in [-0.15, -0.1) is 0 Å². The minimum atomic E-state index is 1.12. The van der Waals surface area contributed by atoms with E-state index in [-0.39, 0.29) is 0 Å². The van der Waals surface area contributed by atoms with Crippen molar-refractivity contribution in [3.63, 3.8) is 0 Å². The van der Waals surface area contributed by atoms with Crippen molar-refractivity contribution in [2.45, 2.75) is 0 Å². The van der Waals surface area contributed by atoms with Crippen LogP contribution in [0.5, 0.6) is 0 Å². The molecule has 12 aromatic rings. The monoisotopic (exact) mass is 814 g/mol. The second-order valence-electron chi connectivity index (χ2n) is 16.6. The van der Waals surface area contributed by atoms with Gasteiger partial charge in [-0.25, -0.2) is 0 Å². The molecule has 2 heteroatoms. The molecule has 2 nitrogen and oxygen atoms in total. The van der Waals surface area contributed by atoms with Crippen molar-refractivity contribution < 1.29 is 0 Å². The van der Waals surface area contributed by atoms with E-state index in [2.05, 4.69) is 265 Å². The molecule has 0 saturated carbocycles. The van der Waals surface area contributed by atoms with Crippen molar-refractivity contribution in [3.8, 4) is 0 Å². The molecule has 12 rings (SSSR count). The third kappa shape index (κ3) is 6.70. The lowest BCUT2D eigenvalue weighted by molar-refractivity contribution is 1.31. The lowest BCUT2D eigenvalue weighted by Gasteiger charge is -2.28. The normalized spacial score (nSPS) is 11.7. The summed E-state index contributed by atoms with van der Waals surface area (Å²) in [6.07, 6.45) is 4.50. The average molecular weight is 815 g/mol. The van der Waals surface area contributed by atoms with Crippen LogP contribution in [0.4, 0.5) is 34.1 Å². The minimum Gasteiger partial charge on any atom is -0.310 e. The molecule has 0 atom stereocenters. The Morgan fingerprint density at radius 2 is 0.578 bits per heavy atom. The smallest absolute Gasteiger partial charge is 0.0546 e. The fourth-order valence-electron chi connectivity index (χ4n) is 9.61. The van der Waals surface area contributed by atoms with Gasteiger partial charge in [-0.1, -0.05) is 182 Å². The van der Waals surface area contributed by atoms with E-state index in [1.165, 1.54) is 64.6 Å². The highest BCUT2D eigenvalue weighted by molar-refractivity contribution is 6.17. The van der Waals surface area contributed by atoms with E-state index in [0.717, 1.165) is 45.3 Å². The molecule has 12 aromatic carbocycles. The van der Waals surface area contributed by atoms with Crippen LogP contribution in [0.15, 0.2) is 243 Å². The lowest BCUT2D eigenvalue weighted by Crippen LogP contribution is -2.10. The Balaban J connectivity index is 0.934. The molecule has 0 spiro atoms. The van der Waals surface area contributed by atoms with Gasteiger partial charge in [0, 0.05) is 33.5 Å². The zero-order valence-corrected chi connectivity index (χ0v) is 35.1. The Labute approximate surface area is 372 Å². The number of hydrogen-bond acceptors (Lipinski definition) is 2. The third-order valence-electron chi connectivity index (χ3n) is 12.7. The minimum absolute atomic E-state index is 1.12. The predicted octanol–water partition coefficient (Wildman–Crippen LogP) is 17.7.